The summed E-state index contributed by atoms with van der Waals surface area (Å²) >= 11 is 0. The first kappa shape index (κ1) is 18.2. The average Bonchev–Trinajstić information content (AvgIpc) is 2.93. The molecule has 1 aromatic carbocycles. The van der Waals surface area contributed by atoms with Crippen LogP contribution in [0.1, 0.15) is 24.0 Å². The fourth-order valence-electron chi connectivity index (χ4n) is 3.19. The molecular weight excluding hydrogens is 316 g/mol. The molecule has 0 aromatic heterocycles. The topological polar surface area (TPSA) is 76.7 Å². The molecule has 1 aliphatic heterocycles. The van der Waals surface area contributed by atoms with Gasteiger partial charge in [0.15, 0.2) is 0 Å². The van der Waals surface area contributed by atoms with Crippen LogP contribution >= 0.6 is 0 Å². The maximum Gasteiger partial charge on any atom is 0.244 e. The molecule has 6 nitrogen and oxygen atoms in total. The Morgan fingerprint density at radius 2 is 2.04 bits per heavy atom. The standard InChI is InChI=1S/C16H26N2O4S/c1-12-8-13(2)15(14(9-12)22-4)23(19,20)18-10-16(11-21-3)6-5-7-17-16/h8-9,17-18H,5-7,10-11H2,1-4H3. The Morgan fingerprint density at radius 3 is 2.61 bits per heavy atom. The van der Waals surface area contributed by atoms with Crippen LogP contribution in [0.25, 0.3) is 0 Å². The molecule has 1 heterocycles. The molecule has 2 N–H and O–H groups in total. The van der Waals surface area contributed by atoms with Gasteiger partial charge in [0, 0.05) is 13.7 Å². The van der Waals surface area contributed by atoms with Crippen molar-refractivity contribution < 1.29 is 17.9 Å². The first-order valence-corrected chi connectivity index (χ1v) is 9.21. The quantitative estimate of drug-likeness (QED) is 0.782. The van der Waals surface area contributed by atoms with Gasteiger partial charge >= 0.3 is 0 Å². The predicted molar refractivity (Wildman–Crippen MR) is 89.5 cm³/mol. The molecule has 0 aliphatic carbocycles. The second kappa shape index (κ2) is 7.17. The van der Waals surface area contributed by atoms with E-state index in [4.69, 9.17) is 9.47 Å². The number of rotatable bonds is 7. The Balaban J connectivity index is 2.26. The fraction of sp³-hybridized carbons (Fsp3) is 0.625. The minimum absolute atomic E-state index is 0.205. The van der Waals surface area contributed by atoms with Crippen molar-refractivity contribution in [3.05, 3.63) is 23.3 Å². The van der Waals surface area contributed by atoms with Gasteiger partial charge in [0.1, 0.15) is 10.6 Å². The number of ether oxygens (including phenoxy) is 2. The highest BCUT2D eigenvalue weighted by atomic mass is 32.2. The van der Waals surface area contributed by atoms with Gasteiger partial charge in [-0.3, -0.25) is 0 Å². The Hall–Kier alpha value is -1.15. The fourth-order valence-corrected chi connectivity index (χ4v) is 4.69. The van der Waals surface area contributed by atoms with Crippen molar-refractivity contribution >= 4 is 10.0 Å². The number of benzene rings is 1. The average molecular weight is 342 g/mol. The van der Waals surface area contributed by atoms with Crippen molar-refractivity contribution in [3.63, 3.8) is 0 Å². The number of sulfonamides is 1. The van der Waals surface area contributed by atoms with Crippen LogP contribution < -0.4 is 14.8 Å². The van der Waals surface area contributed by atoms with E-state index in [1.807, 2.05) is 13.0 Å². The van der Waals surface area contributed by atoms with Crippen molar-refractivity contribution in [3.8, 4) is 5.75 Å². The second-order valence-corrected chi connectivity index (χ2v) is 7.89. The van der Waals surface area contributed by atoms with E-state index >= 15 is 0 Å². The van der Waals surface area contributed by atoms with Crippen molar-refractivity contribution in [2.75, 3.05) is 33.9 Å². The van der Waals surface area contributed by atoms with Crippen LogP contribution in [-0.4, -0.2) is 47.9 Å². The van der Waals surface area contributed by atoms with Gasteiger partial charge in [-0.1, -0.05) is 6.07 Å². The molecule has 1 aromatic rings. The summed E-state index contributed by atoms with van der Waals surface area (Å²) in [5.74, 6) is 0.371. The summed E-state index contributed by atoms with van der Waals surface area (Å²) in [5.41, 5.74) is 1.30. The van der Waals surface area contributed by atoms with Crippen LogP contribution in [-0.2, 0) is 14.8 Å². The maximum atomic E-state index is 12.8. The van der Waals surface area contributed by atoms with Crippen molar-refractivity contribution in [2.24, 2.45) is 0 Å². The molecule has 23 heavy (non-hydrogen) atoms. The SMILES string of the molecule is COCC1(CNS(=O)(=O)c2c(C)cc(C)cc2OC)CCCN1. The molecule has 1 saturated heterocycles. The highest BCUT2D eigenvalue weighted by molar-refractivity contribution is 7.89. The van der Waals surface area contributed by atoms with Gasteiger partial charge in [-0.25, -0.2) is 13.1 Å². The van der Waals surface area contributed by atoms with E-state index in [0.717, 1.165) is 24.9 Å². The van der Waals surface area contributed by atoms with Gasteiger partial charge in [-0.15, -0.1) is 0 Å². The molecule has 0 spiro atoms. The first-order valence-electron chi connectivity index (χ1n) is 7.72. The third kappa shape index (κ3) is 4.03. The molecule has 0 amide bonds. The molecule has 1 aliphatic rings. The highest BCUT2D eigenvalue weighted by Crippen LogP contribution is 2.29. The smallest absolute Gasteiger partial charge is 0.244 e. The number of hydrogen-bond acceptors (Lipinski definition) is 5. The van der Waals surface area contributed by atoms with Crippen LogP contribution in [0.3, 0.4) is 0 Å². The minimum Gasteiger partial charge on any atom is -0.495 e. The van der Waals surface area contributed by atoms with Crippen LogP contribution in [0.5, 0.6) is 5.75 Å². The lowest BCUT2D eigenvalue weighted by atomic mass is 9.99. The number of nitrogens with one attached hydrogen (secondary N) is 2. The Bertz CT molecular complexity index is 652. The van der Waals surface area contributed by atoms with Crippen LogP contribution in [0, 0.1) is 13.8 Å². The molecular formula is C16H26N2O4S. The zero-order valence-corrected chi connectivity index (χ0v) is 15.0. The highest BCUT2D eigenvalue weighted by Gasteiger charge is 2.35. The zero-order chi connectivity index (χ0) is 17.1. The molecule has 1 fully saturated rings. The molecule has 2 rings (SSSR count). The number of methoxy groups -OCH3 is 2. The predicted octanol–water partition coefficient (Wildman–Crippen LogP) is 1.36. The van der Waals surface area contributed by atoms with Gasteiger partial charge in [-0.05, 0) is 50.4 Å². The van der Waals surface area contributed by atoms with Gasteiger partial charge in [0.25, 0.3) is 0 Å². The summed E-state index contributed by atoms with van der Waals surface area (Å²) in [5, 5.41) is 3.36. The van der Waals surface area contributed by atoms with Crippen molar-refractivity contribution in [1.29, 1.82) is 0 Å². The van der Waals surface area contributed by atoms with Crippen LogP contribution in [0.15, 0.2) is 17.0 Å². The molecule has 1 atom stereocenters. The van der Waals surface area contributed by atoms with Crippen molar-refractivity contribution in [1.82, 2.24) is 10.0 Å². The Labute approximate surface area is 138 Å². The Kier molecular flexibility index (Phi) is 5.67. The maximum absolute atomic E-state index is 12.8. The molecule has 1 unspecified atom stereocenters. The summed E-state index contributed by atoms with van der Waals surface area (Å²) in [6, 6.07) is 3.58. The van der Waals surface area contributed by atoms with E-state index < -0.39 is 10.0 Å². The van der Waals surface area contributed by atoms with Gasteiger partial charge < -0.3 is 14.8 Å². The lowest BCUT2D eigenvalue weighted by Crippen LogP contribution is -2.52. The van der Waals surface area contributed by atoms with E-state index in [9.17, 15) is 8.42 Å². The Morgan fingerprint density at radius 1 is 1.30 bits per heavy atom. The monoisotopic (exact) mass is 342 g/mol. The lowest BCUT2D eigenvalue weighted by Gasteiger charge is -2.29. The van der Waals surface area contributed by atoms with Gasteiger partial charge in [0.05, 0.1) is 19.3 Å². The largest absolute Gasteiger partial charge is 0.495 e. The molecule has 0 bridgehead atoms. The molecule has 130 valence electrons. The first-order chi connectivity index (χ1) is 10.8. The molecule has 7 heteroatoms. The second-order valence-electron chi connectivity index (χ2n) is 6.18. The van der Waals surface area contributed by atoms with Crippen LogP contribution in [0.4, 0.5) is 0 Å². The third-order valence-electron chi connectivity index (χ3n) is 4.23. The summed E-state index contributed by atoms with van der Waals surface area (Å²) < 4.78 is 38.8. The summed E-state index contributed by atoms with van der Waals surface area (Å²) in [6.07, 6.45) is 1.89. The normalized spacial score (nSPS) is 21.6. The third-order valence-corrected chi connectivity index (χ3v) is 5.81. The number of hydrogen-bond donors (Lipinski definition) is 2. The number of aryl methyl sites for hydroxylation is 2. The summed E-state index contributed by atoms with van der Waals surface area (Å²) in [4.78, 5) is 0.205. The van der Waals surface area contributed by atoms with E-state index in [-0.39, 0.29) is 10.4 Å². The minimum atomic E-state index is -3.66. The summed E-state index contributed by atoms with van der Waals surface area (Å²) in [7, 11) is -0.552. The van der Waals surface area contributed by atoms with E-state index in [1.165, 1.54) is 7.11 Å². The van der Waals surface area contributed by atoms with E-state index in [2.05, 4.69) is 10.0 Å². The van der Waals surface area contributed by atoms with E-state index in [0.29, 0.717) is 24.5 Å². The molecule has 0 radical (unpaired) electrons. The molecule has 0 saturated carbocycles. The zero-order valence-electron chi connectivity index (χ0n) is 14.2. The lowest BCUT2D eigenvalue weighted by molar-refractivity contribution is 0.122. The van der Waals surface area contributed by atoms with Gasteiger partial charge in [0.2, 0.25) is 10.0 Å². The van der Waals surface area contributed by atoms with Crippen molar-refractivity contribution in [2.45, 2.75) is 37.1 Å². The summed E-state index contributed by atoms with van der Waals surface area (Å²) in [6.45, 7) is 5.33. The van der Waals surface area contributed by atoms with E-state index in [1.54, 1.807) is 20.1 Å². The van der Waals surface area contributed by atoms with Gasteiger partial charge in [-0.2, -0.15) is 0 Å². The van der Waals surface area contributed by atoms with Crippen LogP contribution in [0.2, 0.25) is 0 Å².